The summed E-state index contributed by atoms with van der Waals surface area (Å²) in [5.41, 5.74) is 6.14. The van der Waals surface area contributed by atoms with Crippen molar-refractivity contribution in [2.24, 2.45) is 5.73 Å². The first kappa shape index (κ1) is 15.9. The third-order valence-corrected chi connectivity index (χ3v) is 3.66. The van der Waals surface area contributed by atoms with Crippen LogP contribution in [0.3, 0.4) is 0 Å². The molecule has 0 bridgehead atoms. The zero-order valence-electron chi connectivity index (χ0n) is 10.3. The highest BCUT2D eigenvalue weighted by Crippen LogP contribution is 2.27. The fourth-order valence-corrected chi connectivity index (χ4v) is 2.36. The Hall–Kier alpha value is -1.12. The molecule has 19 heavy (non-hydrogen) atoms. The number of carbonyl (C=O) groups is 1. The van der Waals surface area contributed by atoms with Crippen LogP contribution in [0.4, 0.5) is 11.4 Å². The van der Waals surface area contributed by atoms with Gasteiger partial charge in [-0.15, -0.1) is 0 Å². The third-order valence-electron chi connectivity index (χ3n) is 2.38. The van der Waals surface area contributed by atoms with Gasteiger partial charge in [0.25, 0.3) is 5.69 Å². The number of nitrogens with two attached hydrogens (primary N) is 1. The Bertz CT molecular complexity index is 484. The highest BCUT2D eigenvalue weighted by Gasteiger charge is 2.16. The summed E-state index contributed by atoms with van der Waals surface area (Å²) in [6, 6.07) is 3.70. The van der Waals surface area contributed by atoms with E-state index in [0.717, 1.165) is 5.75 Å². The van der Waals surface area contributed by atoms with E-state index in [1.165, 1.54) is 18.2 Å². The van der Waals surface area contributed by atoms with Gasteiger partial charge in [-0.05, 0) is 46.5 Å². The second-order valence-corrected chi connectivity index (χ2v) is 5.64. The normalized spacial score (nSPS) is 11.9. The zero-order chi connectivity index (χ0) is 14.4. The summed E-state index contributed by atoms with van der Waals surface area (Å²) in [4.78, 5) is 21.9. The molecular formula is C11H14BrN3O3S. The predicted octanol–water partition coefficient (Wildman–Crippen LogP) is 2.38. The molecule has 1 amide bonds. The maximum atomic E-state index is 11.8. The Balaban J connectivity index is 2.70. The summed E-state index contributed by atoms with van der Waals surface area (Å²) in [6.07, 6.45) is 2.53. The number of rotatable bonds is 6. The van der Waals surface area contributed by atoms with Gasteiger partial charge in [0.1, 0.15) is 0 Å². The number of nitrogens with zero attached hydrogens (tertiary/aromatic N) is 1. The summed E-state index contributed by atoms with van der Waals surface area (Å²) in [5.74, 6) is 0.508. The fourth-order valence-electron chi connectivity index (χ4n) is 1.34. The van der Waals surface area contributed by atoms with Crippen LogP contribution in [0.25, 0.3) is 0 Å². The zero-order valence-corrected chi connectivity index (χ0v) is 12.7. The largest absolute Gasteiger partial charge is 0.325 e. The lowest BCUT2D eigenvalue weighted by Gasteiger charge is -2.11. The van der Waals surface area contributed by atoms with Gasteiger partial charge in [0.15, 0.2) is 0 Å². The molecule has 8 heteroatoms. The van der Waals surface area contributed by atoms with Gasteiger partial charge in [0, 0.05) is 11.8 Å². The number of hydrogen-bond acceptors (Lipinski definition) is 5. The molecule has 0 spiro atoms. The second-order valence-electron chi connectivity index (χ2n) is 3.80. The van der Waals surface area contributed by atoms with E-state index < -0.39 is 11.0 Å². The first-order chi connectivity index (χ1) is 8.95. The first-order valence-electron chi connectivity index (χ1n) is 5.45. The molecule has 0 aromatic heterocycles. The lowest BCUT2D eigenvalue weighted by atomic mass is 10.2. The van der Waals surface area contributed by atoms with Gasteiger partial charge in [-0.3, -0.25) is 14.9 Å². The minimum atomic E-state index is -0.582. The number of carbonyl (C=O) groups excluding carboxylic acids is 1. The van der Waals surface area contributed by atoms with E-state index in [-0.39, 0.29) is 11.6 Å². The maximum Gasteiger partial charge on any atom is 0.283 e. The lowest BCUT2D eigenvalue weighted by molar-refractivity contribution is -0.385. The van der Waals surface area contributed by atoms with Crippen LogP contribution in [0.2, 0.25) is 0 Å². The molecule has 1 aromatic rings. The fraction of sp³-hybridized carbons (Fsp3) is 0.364. The van der Waals surface area contributed by atoms with E-state index in [1.807, 2.05) is 6.26 Å². The molecule has 0 saturated heterocycles. The van der Waals surface area contributed by atoms with Gasteiger partial charge in [0.05, 0.1) is 15.4 Å². The van der Waals surface area contributed by atoms with Crippen molar-refractivity contribution in [3.8, 4) is 0 Å². The number of halogens is 1. The van der Waals surface area contributed by atoms with Crippen LogP contribution in [0.15, 0.2) is 22.7 Å². The predicted molar refractivity (Wildman–Crippen MR) is 80.4 cm³/mol. The Morgan fingerprint density at radius 3 is 2.84 bits per heavy atom. The SMILES string of the molecule is CSCC[C@@H](N)C(=O)Nc1ccc([N+](=O)[O-])c(Br)c1. The topological polar surface area (TPSA) is 98.3 Å². The molecule has 104 valence electrons. The van der Waals surface area contributed by atoms with Crippen LogP contribution >= 0.6 is 27.7 Å². The number of nitrogens with one attached hydrogen (secondary N) is 1. The van der Waals surface area contributed by atoms with E-state index in [0.29, 0.717) is 16.6 Å². The number of amides is 1. The molecule has 0 fully saturated rings. The van der Waals surface area contributed by atoms with Gasteiger partial charge < -0.3 is 11.1 Å². The maximum absolute atomic E-state index is 11.8. The minimum Gasteiger partial charge on any atom is -0.325 e. The Morgan fingerprint density at radius 1 is 1.63 bits per heavy atom. The quantitative estimate of drug-likeness (QED) is 0.608. The van der Waals surface area contributed by atoms with E-state index >= 15 is 0 Å². The average Bonchev–Trinajstić information content (AvgIpc) is 2.35. The second kappa shape index (κ2) is 7.46. The summed E-state index contributed by atoms with van der Waals surface area (Å²) in [6.45, 7) is 0. The summed E-state index contributed by atoms with van der Waals surface area (Å²) in [5, 5.41) is 13.3. The molecule has 1 atom stereocenters. The van der Waals surface area contributed by atoms with Crippen molar-refractivity contribution in [1.82, 2.24) is 0 Å². The van der Waals surface area contributed by atoms with Crippen molar-refractivity contribution in [1.29, 1.82) is 0 Å². The molecule has 1 rings (SSSR count). The molecule has 0 unspecified atom stereocenters. The van der Waals surface area contributed by atoms with Crippen molar-refractivity contribution in [3.63, 3.8) is 0 Å². The molecule has 0 saturated carbocycles. The Kier molecular flexibility index (Phi) is 6.26. The van der Waals surface area contributed by atoms with Crippen molar-refractivity contribution >= 4 is 45.0 Å². The number of nitro groups is 1. The number of nitro benzene ring substituents is 1. The van der Waals surface area contributed by atoms with Crippen LogP contribution in [0, 0.1) is 10.1 Å². The average molecular weight is 348 g/mol. The molecule has 0 heterocycles. The summed E-state index contributed by atoms with van der Waals surface area (Å²) < 4.78 is 0.313. The van der Waals surface area contributed by atoms with E-state index in [1.54, 1.807) is 11.8 Å². The van der Waals surface area contributed by atoms with Crippen LogP contribution in [-0.4, -0.2) is 28.9 Å². The molecule has 0 aliphatic rings. The third kappa shape index (κ3) is 4.81. The molecule has 3 N–H and O–H groups in total. The molecule has 6 nitrogen and oxygen atoms in total. The summed E-state index contributed by atoms with van der Waals surface area (Å²) >= 11 is 4.71. The van der Waals surface area contributed by atoms with Crippen LogP contribution in [0.5, 0.6) is 0 Å². The van der Waals surface area contributed by atoms with Crippen LogP contribution in [0.1, 0.15) is 6.42 Å². The highest BCUT2D eigenvalue weighted by molar-refractivity contribution is 9.10. The highest BCUT2D eigenvalue weighted by atomic mass is 79.9. The van der Waals surface area contributed by atoms with E-state index in [9.17, 15) is 14.9 Å². The Labute approximate surface area is 123 Å². The molecule has 0 aliphatic carbocycles. The van der Waals surface area contributed by atoms with Gasteiger partial charge >= 0.3 is 0 Å². The van der Waals surface area contributed by atoms with Crippen molar-refractivity contribution in [3.05, 3.63) is 32.8 Å². The lowest BCUT2D eigenvalue weighted by Crippen LogP contribution is -2.36. The van der Waals surface area contributed by atoms with Gasteiger partial charge in [-0.1, -0.05) is 0 Å². The molecular weight excluding hydrogens is 334 g/mol. The Morgan fingerprint density at radius 2 is 2.32 bits per heavy atom. The number of benzene rings is 1. The standard InChI is InChI=1S/C11H14BrN3O3S/c1-19-5-4-9(13)11(16)14-7-2-3-10(15(17)18)8(12)6-7/h2-3,6,9H,4-5,13H2,1H3,(H,14,16)/t9-/m1/s1. The van der Waals surface area contributed by atoms with Crippen molar-refractivity contribution in [2.45, 2.75) is 12.5 Å². The van der Waals surface area contributed by atoms with E-state index in [4.69, 9.17) is 5.73 Å². The molecule has 1 aromatic carbocycles. The first-order valence-corrected chi connectivity index (χ1v) is 7.63. The summed E-state index contributed by atoms with van der Waals surface area (Å²) in [7, 11) is 0. The molecule has 0 radical (unpaired) electrons. The van der Waals surface area contributed by atoms with Crippen molar-refractivity contribution < 1.29 is 9.72 Å². The van der Waals surface area contributed by atoms with E-state index in [2.05, 4.69) is 21.2 Å². The monoisotopic (exact) mass is 347 g/mol. The number of thioether (sulfide) groups is 1. The van der Waals surface area contributed by atoms with Crippen LogP contribution < -0.4 is 11.1 Å². The van der Waals surface area contributed by atoms with Crippen molar-refractivity contribution in [2.75, 3.05) is 17.3 Å². The van der Waals surface area contributed by atoms with Gasteiger partial charge in [0.2, 0.25) is 5.91 Å². The number of anilines is 1. The van der Waals surface area contributed by atoms with Gasteiger partial charge in [-0.2, -0.15) is 11.8 Å². The van der Waals surface area contributed by atoms with Crippen LogP contribution in [-0.2, 0) is 4.79 Å². The number of hydrogen-bond donors (Lipinski definition) is 2. The smallest absolute Gasteiger partial charge is 0.283 e. The molecule has 0 aliphatic heterocycles. The van der Waals surface area contributed by atoms with Gasteiger partial charge in [-0.25, -0.2) is 0 Å². The minimum absolute atomic E-state index is 0.0512.